The fraction of sp³-hybridized carbons (Fsp3) is 0.250. The molecule has 15 heavy (non-hydrogen) atoms. The molecule has 0 saturated heterocycles. The van der Waals surface area contributed by atoms with Crippen LogP contribution in [0.25, 0.3) is 0 Å². The zero-order valence-electron chi connectivity index (χ0n) is 8.96. The van der Waals surface area contributed by atoms with Gasteiger partial charge < -0.3 is 8.83 Å². The predicted octanol–water partition coefficient (Wildman–Crippen LogP) is 3.03. The van der Waals surface area contributed by atoms with Crippen molar-refractivity contribution in [3.05, 3.63) is 46.8 Å². The van der Waals surface area contributed by atoms with E-state index in [-0.39, 0.29) is 5.78 Å². The van der Waals surface area contributed by atoms with Gasteiger partial charge in [-0.25, -0.2) is 0 Å². The summed E-state index contributed by atoms with van der Waals surface area (Å²) in [4.78, 5) is 11.9. The van der Waals surface area contributed by atoms with Crippen LogP contribution in [0.4, 0.5) is 0 Å². The maximum atomic E-state index is 11.9. The first-order chi connectivity index (χ1) is 7.08. The molecule has 3 heteroatoms. The van der Waals surface area contributed by atoms with Gasteiger partial charge in [0, 0.05) is 0 Å². The number of furan rings is 2. The van der Waals surface area contributed by atoms with E-state index in [1.54, 1.807) is 19.1 Å². The van der Waals surface area contributed by atoms with Gasteiger partial charge in [0.15, 0.2) is 5.76 Å². The highest BCUT2D eigenvalue weighted by Gasteiger charge is 2.16. The zero-order chi connectivity index (χ0) is 11.0. The monoisotopic (exact) mass is 204 g/mol. The third kappa shape index (κ3) is 1.73. The highest BCUT2D eigenvalue weighted by molar-refractivity contribution is 6.07. The zero-order valence-corrected chi connectivity index (χ0v) is 8.96. The van der Waals surface area contributed by atoms with E-state index < -0.39 is 0 Å². The van der Waals surface area contributed by atoms with Crippen molar-refractivity contribution >= 4 is 5.78 Å². The lowest BCUT2D eigenvalue weighted by Crippen LogP contribution is -1.96. The van der Waals surface area contributed by atoms with Crippen LogP contribution in [0.2, 0.25) is 0 Å². The third-order valence-corrected chi connectivity index (χ3v) is 2.38. The van der Waals surface area contributed by atoms with E-state index in [1.807, 2.05) is 13.8 Å². The summed E-state index contributed by atoms with van der Waals surface area (Å²) in [5, 5.41) is 0. The molecule has 2 rings (SSSR count). The van der Waals surface area contributed by atoms with Gasteiger partial charge in [-0.05, 0) is 38.5 Å². The number of ketones is 1. The molecular formula is C12H12O3. The fourth-order valence-electron chi connectivity index (χ4n) is 1.39. The molecular weight excluding hydrogens is 192 g/mol. The Balaban J connectivity index is 2.36. The van der Waals surface area contributed by atoms with E-state index in [1.165, 1.54) is 6.26 Å². The smallest absolute Gasteiger partial charge is 0.231 e. The molecule has 0 aromatic carbocycles. The second kappa shape index (κ2) is 3.42. The van der Waals surface area contributed by atoms with Crippen LogP contribution < -0.4 is 0 Å². The lowest BCUT2D eigenvalue weighted by atomic mass is 10.1. The molecule has 0 aliphatic rings. The standard InChI is InChI=1S/C12H12O3/c1-7-4-11(15-9(7)3)12(13)10-5-8(2)14-6-10/h4-6H,1-3H3. The van der Waals surface area contributed by atoms with E-state index in [4.69, 9.17) is 8.83 Å². The third-order valence-electron chi connectivity index (χ3n) is 2.38. The summed E-state index contributed by atoms with van der Waals surface area (Å²) in [6.07, 6.45) is 1.45. The molecule has 2 aromatic rings. The number of hydrogen-bond acceptors (Lipinski definition) is 3. The van der Waals surface area contributed by atoms with Crippen LogP contribution in [0, 0.1) is 20.8 Å². The first kappa shape index (κ1) is 9.77. The summed E-state index contributed by atoms with van der Waals surface area (Å²) in [6.45, 7) is 5.55. The van der Waals surface area contributed by atoms with Crippen LogP contribution in [0.15, 0.2) is 27.2 Å². The first-order valence-electron chi connectivity index (χ1n) is 4.75. The highest BCUT2D eigenvalue weighted by atomic mass is 16.4. The highest BCUT2D eigenvalue weighted by Crippen LogP contribution is 2.18. The van der Waals surface area contributed by atoms with E-state index in [2.05, 4.69) is 0 Å². The van der Waals surface area contributed by atoms with Gasteiger partial charge in [-0.2, -0.15) is 0 Å². The molecule has 0 bridgehead atoms. The molecule has 0 saturated carbocycles. The Morgan fingerprint density at radius 1 is 1.20 bits per heavy atom. The number of aryl methyl sites for hydroxylation is 3. The van der Waals surface area contributed by atoms with Crippen LogP contribution in [0.3, 0.4) is 0 Å². The Morgan fingerprint density at radius 3 is 2.40 bits per heavy atom. The summed E-state index contributed by atoms with van der Waals surface area (Å²) in [5.41, 5.74) is 1.51. The fourth-order valence-corrected chi connectivity index (χ4v) is 1.39. The Hall–Kier alpha value is -1.77. The van der Waals surface area contributed by atoms with Gasteiger partial charge in [-0.15, -0.1) is 0 Å². The Labute approximate surface area is 87.7 Å². The average Bonchev–Trinajstić information content (AvgIpc) is 2.74. The molecule has 0 atom stereocenters. The number of rotatable bonds is 2. The van der Waals surface area contributed by atoms with Gasteiger partial charge in [0.1, 0.15) is 17.8 Å². The van der Waals surface area contributed by atoms with Gasteiger partial charge in [0.05, 0.1) is 5.56 Å². The Morgan fingerprint density at radius 2 is 1.93 bits per heavy atom. The Bertz CT molecular complexity index is 483. The molecule has 0 fully saturated rings. The lowest BCUT2D eigenvalue weighted by Gasteiger charge is -1.90. The molecule has 3 nitrogen and oxygen atoms in total. The van der Waals surface area contributed by atoms with Gasteiger partial charge in [-0.1, -0.05) is 0 Å². The van der Waals surface area contributed by atoms with Crippen LogP contribution in [-0.4, -0.2) is 5.78 Å². The van der Waals surface area contributed by atoms with E-state index >= 15 is 0 Å². The van der Waals surface area contributed by atoms with Crippen molar-refractivity contribution in [1.82, 2.24) is 0 Å². The minimum Gasteiger partial charge on any atom is -0.469 e. The van der Waals surface area contributed by atoms with Crippen molar-refractivity contribution in [2.24, 2.45) is 0 Å². The summed E-state index contributed by atoms with van der Waals surface area (Å²) in [6, 6.07) is 3.45. The van der Waals surface area contributed by atoms with Crippen molar-refractivity contribution < 1.29 is 13.6 Å². The van der Waals surface area contributed by atoms with E-state index in [0.29, 0.717) is 11.3 Å². The molecule has 0 aliphatic heterocycles. The SMILES string of the molecule is Cc1cc(C(=O)c2cc(C)c(C)o2)co1. The van der Waals surface area contributed by atoms with Crippen LogP contribution >= 0.6 is 0 Å². The molecule has 0 unspecified atom stereocenters. The molecule has 0 spiro atoms. The van der Waals surface area contributed by atoms with Gasteiger partial charge in [-0.3, -0.25) is 4.79 Å². The van der Waals surface area contributed by atoms with E-state index in [9.17, 15) is 4.79 Å². The molecule has 0 radical (unpaired) electrons. The maximum absolute atomic E-state index is 11.9. The van der Waals surface area contributed by atoms with Gasteiger partial charge >= 0.3 is 0 Å². The minimum atomic E-state index is -0.136. The van der Waals surface area contributed by atoms with Crippen molar-refractivity contribution in [2.75, 3.05) is 0 Å². The molecule has 0 amide bonds. The second-order valence-electron chi connectivity index (χ2n) is 3.63. The predicted molar refractivity (Wildman–Crippen MR) is 55.1 cm³/mol. The lowest BCUT2D eigenvalue weighted by molar-refractivity contribution is 0.101. The maximum Gasteiger partial charge on any atom is 0.231 e. The molecule has 2 heterocycles. The molecule has 0 aliphatic carbocycles. The number of carbonyl (C=O) groups excluding carboxylic acids is 1. The first-order valence-corrected chi connectivity index (χ1v) is 4.75. The van der Waals surface area contributed by atoms with E-state index in [0.717, 1.165) is 17.1 Å². The van der Waals surface area contributed by atoms with Crippen molar-refractivity contribution in [1.29, 1.82) is 0 Å². The van der Waals surface area contributed by atoms with Gasteiger partial charge in [0.25, 0.3) is 0 Å². The van der Waals surface area contributed by atoms with Crippen molar-refractivity contribution in [3.63, 3.8) is 0 Å². The average molecular weight is 204 g/mol. The summed E-state index contributed by atoms with van der Waals surface area (Å²) >= 11 is 0. The second-order valence-corrected chi connectivity index (χ2v) is 3.63. The normalized spacial score (nSPS) is 10.6. The molecule has 2 aromatic heterocycles. The van der Waals surface area contributed by atoms with Crippen molar-refractivity contribution in [2.45, 2.75) is 20.8 Å². The summed E-state index contributed by atoms with van der Waals surface area (Å²) in [7, 11) is 0. The Kier molecular flexibility index (Phi) is 2.23. The van der Waals surface area contributed by atoms with Crippen LogP contribution in [0.1, 0.15) is 33.2 Å². The molecule has 0 N–H and O–H groups in total. The topological polar surface area (TPSA) is 43.4 Å². The quantitative estimate of drug-likeness (QED) is 0.706. The minimum absolute atomic E-state index is 0.136. The molecule has 78 valence electrons. The largest absolute Gasteiger partial charge is 0.469 e. The van der Waals surface area contributed by atoms with Crippen LogP contribution in [-0.2, 0) is 0 Å². The number of hydrogen-bond donors (Lipinski definition) is 0. The van der Waals surface area contributed by atoms with Crippen molar-refractivity contribution in [3.8, 4) is 0 Å². The number of carbonyl (C=O) groups is 1. The van der Waals surface area contributed by atoms with Crippen LogP contribution in [0.5, 0.6) is 0 Å². The summed E-state index contributed by atoms with van der Waals surface area (Å²) in [5.74, 6) is 1.73. The van der Waals surface area contributed by atoms with Gasteiger partial charge in [0.2, 0.25) is 5.78 Å². The summed E-state index contributed by atoms with van der Waals surface area (Å²) < 4.78 is 10.4.